The molecule has 0 spiro atoms. The predicted molar refractivity (Wildman–Crippen MR) is 135 cm³/mol. The maximum absolute atomic E-state index is 14.0. The first-order chi connectivity index (χ1) is 18.0. The molecule has 1 amide bonds. The number of ether oxygens (including phenoxy) is 2. The van der Waals surface area contributed by atoms with Crippen LogP contribution in [0.15, 0.2) is 72.8 Å². The zero-order valence-corrected chi connectivity index (χ0v) is 20.3. The van der Waals surface area contributed by atoms with E-state index in [9.17, 15) is 14.0 Å². The lowest BCUT2D eigenvalue weighted by atomic mass is 9.86. The number of nitrogens with zero attached hydrogens (tertiary/aromatic N) is 1. The van der Waals surface area contributed by atoms with E-state index < -0.39 is 23.9 Å². The van der Waals surface area contributed by atoms with E-state index in [0.717, 1.165) is 49.7 Å². The Morgan fingerprint density at radius 2 is 1.76 bits per heavy atom. The normalized spacial score (nSPS) is 21.2. The minimum Gasteiger partial charge on any atom is -0.489 e. The maximum atomic E-state index is 14.0. The average molecular weight is 505 g/mol. The highest BCUT2D eigenvalue weighted by Gasteiger charge is 2.36. The second-order valence-electron chi connectivity index (χ2n) is 9.55. The maximum Gasteiger partial charge on any atom is 0.408 e. The Morgan fingerprint density at radius 3 is 2.43 bits per heavy atom. The number of nitrogens with one attached hydrogen (secondary N) is 1. The predicted octanol–water partition coefficient (Wildman–Crippen LogP) is 5.01. The molecule has 3 fully saturated rings. The van der Waals surface area contributed by atoms with Crippen molar-refractivity contribution in [3.8, 4) is 5.75 Å². The lowest BCUT2D eigenvalue weighted by molar-refractivity contribution is -0.0336. The van der Waals surface area contributed by atoms with Crippen LogP contribution in [0, 0.1) is 11.7 Å². The number of piperidine rings is 3. The summed E-state index contributed by atoms with van der Waals surface area (Å²) in [5.74, 6) is -1.17. The van der Waals surface area contributed by atoms with Gasteiger partial charge < -0.3 is 19.9 Å². The van der Waals surface area contributed by atoms with Crippen molar-refractivity contribution in [3.05, 3.63) is 101 Å². The lowest BCUT2D eigenvalue weighted by Crippen LogP contribution is -2.52. The Bertz CT molecular complexity index is 1260. The third-order valence-corrected chi connectivity index (χ3v) is 7.11. The fourth-order valence-electron chi connectivity index (χ4n) is 5.11. The molecule has 7 nitrogen and oxygen atoms in total. The van der Waals surface area contributed by atoms with Crippen LogP contribution in [-0.4, -0.2) is 47.8 Å². The molecule has 2 atom stereocenters. The molecule has 3 aromatic rings. The van der Waals surface area contributed by atoms with Crippen molar-refractivity contribution in [3.63, 3.8) is 0 Å². The Balaban J connectivity index is 1.30. The van der Waals surface area contributed by atoms with E-state index >= 15 is 0 Å². The highest BCUT2D eigenvalue weighted by Crippen LogP contribution is 2.30. The largest absolute Gasteiger partial charge is 0.489 e. The molecular formula is C29H29FN2O5. The topological polar surface area (TPSA) is 88.1 Å². The van der Waals surface area contributed by atoms with Gasteiger partial charge in [-0.05, 0) is 72.8 Å². The van der Waals surface area contributed by atoms with Crippen LogP contribution in [0.25, 0.3) is 0 Å². The molecule has 37 heavy (non-hydrogen) atoms. The molecule has 6 rings (SSSR count). The number of hydrogen-bond acceptors (Lipinski definition) is 5. The number of hydrogen-bond donors (Lipinski definition) is 2. The van der Waals surface area contributed by atoms with Gasteiger partial charge in [0.25, 0.3) is 0 Å². The monoisotopic (exact) mass is 504 g/mol. The van der Waals surface area contributed by atoms with Crippen LogP contribution in [0.1, 0.15) is 45.9 Å². The summed E-state index contributed by atoms with van der Waals surface area (Å²) in [5, 5.41) is 12.1. The standard InChI is InChI=1S/C29H29FN2O5/c30-25-15-19(9-10-24(25)28(33)34)18-36-23-8-4-7-22(16-23)27(21-5-2-1-3-6-21)31-29(35)37-26-17-32-13-11-20(26)12-14-32/h1-10,15-16,20,26-27H,11-14,17-18H2,(H,31,35)(H,33,34). The van der Waals surface area contributed by atoms with E-state index in [1.54, 1.807) is 6.07 Å². The van der Waals surface area contributed by atoms with Crippen LogP contribution in [0.5, 0.6) is 5.75 Å². The number of aromatic carboxylic acids is 1. The van der Waals surface area contributed by atoms with Crippen molar-refractivity contribution < 1.29 is 28.6 Å². The first-order valence-electron chi connectivity index (χ1n) is 12.4. The van der Waals surface area contributed by atoms with Gasteiger partial charge in [0.05, 0.1) is 11.6 Å². The molecule has 2 N–H and O–H groups in total. The van der Waals surface area contributed by atoms with Crippen molar-refractivity contribution in [2.45, 2.75) is 31.6 Å². The van der Waals surface area contributed by atoms with Crippen LogP contribution in [0.3, 0.4) is 0 Å². The van der Waals surface area contributed by atoms with Gasteiger partial charge in [-0.3, -0.25) is 4.90 Å². The minimum absolute atomic E-state index is 0.0608. The molecule has 0 saturated carbocycles. The van der Waals surface area contributed by atoms with Crippen LogP contribution in [-0.2, 0) is 11.3 Å². The summed E-state index contributed by atoms with van der Waals surface area (Å²) in [6, 6.07) is 20.4. The van der Waals surface area contributed by atoms with Gasteiger partial charge in [-0.15, -0.1) is 0 Å². The average Bonchev–Trinajstić information content (AvgIpc) is 2.92. The molecule has 2 bridgehead atoms. The van der Waals surface area contributed by atoms with Gasteiger partial charge in [0.15, 0.2) is 0 Å². The van der Waals surface area contributed by atoms with Crippen molar-refractivity contribution >= 4 is 12.1 Å². The van der Waals surface area contributed by atoms with Crippen molar-refractivity contribution in [2.75, 3.05) is 19.6 Å². The number of halogens is 1. The Hall–Kier alpha value is -3.91. The molecule has 3 heterocycles. The van der Waals surface area contributed by atoms with Crippen LogP contribution in [0.4, 0.5) is 9.18 Å². The van der Waals surface area contributed by atoms with Gasteiger partial charge in [0.2, 0.25) is 0 Å². The first-order valence-corrected chi connectivity index (χ1v) is 12.4. The molecule has 2 unspecified atom stereocenters. The number of rotatable bonds is 8. The smallest absolute Gasteiger partial charge is 0.408 e. The molecule has 0 aromatic heterocycles. The van der Waals surface area contributed by atoms with Crippen molar-refractivity contribution in [1.29, 1.82) is 0 Å². The Kier molecular flexibility index (Phi) is 7.37. The second-order valence-corrected chi connectivity index (χ2v) is 9.55. The molecule has 192 valence electrons. The van der Waals surface area contributed by atoms with Gasteiger partial charge in [-0.2, -0.15) is 0 Å². The highest BCUT2D eigenvalue weighted by atomic mass is 19.1. The molecule has 0 radical (unpaired) electrons. The molecule has 3 aliphatic rings. The molecule has 3 saturated heterocycles. The summed E-state index contributed by atoms with van der Waals surface area (Å²) < 4.78 is 25.8. The van der Waals surface area contributed by atoms with E-state index in [4.69, 9.17) is 14.6 Å². The Labute approximate surface area is 214 Å². The van der Waals surface area contributed by atoms with Gasteiger partial charge >= 0.3 is 12.1 Å². The first kappa shape index (κ1) is 24.8. The summed E-state index contributed by atoms with van der Waals surface area (Å²) in [5.41, 5.74) is 1.83. The van der Waals surface area contributed by atoms with Gasteiger partial charge in [-0.25, -0.2) is 14.0 Å². The van der Waals surface area contributed by atoms with Crippen LogP contribution < -0.4 is 10.1 Å². The number of alkyl carbamates (subject to hydrolysis) is 1. The number of fused-ring (bicyclic) bond motifs is 3. The molecule has 3 aromatic carbocycles. The zero-order valence-electron chi connectivity index (χ0n) is 20.3. The fraction of sp³-hybridized carbons (Fsp3) is 0.310. The van der Waals surface area contributed by atoms with E-state index in [0.29, 0.717) is 17.2 Å². The number of carbonyl (C=O) groups is 2. The summed E-state index contributed by atoms with van der Waals surface area (Å²) in [6.07, 6.45) is 1.57. The van der Waals surface area contributed by atoms with Crippen LogP contribution in [0.2, 0.25) is 0 Å². The van der Waals surface area contributed by atoms with Gasteiger partial charge in [0.1, 0.15) is 24.3 Å². The third-order valence-electron chi connectivity index (χ3n) is 7.11. The van der Waals surface area contributed by atoms with Crippen molar-refractivity contribution in [1.82, 2.24) is 10.2 Å². The summed E-state index contributed by atoms with van der Waals surface area (Å²) >= 11 is 0. The summed E-state index contributed by atoms with van der Waals surface area (Å²) in [6.45, 7) is 2.99. The molecule has 3 aliphatic heterocycles. The van der Waals surface area contributed by atoms with Crippen LogP contribution >= 0.6 is 0 Å². The molecular weight excluding hydrogens is 475 g/mol. The quantitative estimate of drug-likeness (QED) is 0.448. The number of carboxylic acids is 1. The second kappa shape index (κ2) is 11.0. The zero-order chi connectivity index (χ0) is 25.8. The Morgan fingerprint density at radius 1 is 1.00 bits per heavy atom. The number of amides is 1. The van der Waals surface area contributed by atoms with E-state index in [2.05, 4.69) is 10.2 Å². The summed E-state index contributed by atoms with van der Waals surface area (Å²) in [4.78, 5) is 26.4. The van der Waals surface area contributed by atoms with Gasteiger partial charge in [-0.1, -0.05) is 48.5 Å². The molecule has 0 aliphatic carbocycles. The third kappa shape index (κ3) is 5.91. The fourth-order valence-corrected chi connectivity index (χ4v) is 5.11. The highest BCUT2D eigenvalue weighted by molar-refractivity contribution is 5.87. The SMILES string of the molecule is O=C(NC(c1ccccc1)c1cccc(OCc2ccc(C(=O)O)c(F)c2)c1)OC1CN2CCC1CC2. The number of carboxylic acid groups (broad SMARTS) is 1. The summed E-state index contributed by atoms with van der Waals surface area (Å²) in [7, 11) is 0. The van der Waals surface area contributed by atoms with Gasteiger partial charge in [0, 0.05) is 6.54 Å². The van der Waals surface area contributed by atoms with E-state index in [1.807, 2.05) is 48.5 Å². The van der Waals surface area contributed by atoms with E-state index in [-0.39, 0.29) is 18.3 Å². The van der Waals surface area contributed by atoms with Crippen molar-refractivity contribution in [2.24, 2.45) is 5.92 Å². The number of benzene rings is 3. The lowest BCUT2D eigenvalue weighted by Gasteiger charge is -2.43. The van der Waals surface area contributed by atoms with E-state index in [1.165, 1.54) is 12.1 Å². The molecule has 8 heteroatoms. The minimum atomic E-state index is -1.32. The number of carbonyl (C=O) groups excluding carboxylic acids is 1.